The largest absolute Gasteiger partial charge is 0.351 e. The van der Waals surface area contributed by atoms with E-state index in [0.29, 0.717) is 0 Å². The molecule has 1 unspecified atom stereocenters. The summed E-state index contributed by atoms with van der Waals surface area (Å²) >= 11 is 0. The zero-order chi connectivity index (χ0) is 11.9. The van der Waals surface area contributed by atoms with Crippen LogP contribution < -0.4 is 0 Å². The lowest BCUT2D eigenvalue weighted by Crippen LogP contribution is -2.51. The lowest BCUT2D eigenvalue weighted by Gasteiger charge is -2.36. The van der Waals surface area contributed by atoms with Gasteiger partial charge in [0.2, 0.25) is 6.29 Å². The molecule has 1 saturated heterocycles. The van der Waals surface area contributed by atoms with Gasteiger partial charge in [-0.1, -0.05) is 13.3 Å². The first kappa shape index (κ1) is 13.9. The monoisotopic (exact) mass is 230 g/mol. The third-order valence-corrected chi connectivity index (χ3v) is 3.65. The van der Waals surface area contributed by atoms with Crippen LogP contribution in [0.5, 0.6) is 0 Å². The molecular formula is C13H28NO2+. The molecule has 3 heteroatoms. The van der Waals surface area contributed by atoms with E-state index in [1.807, 2.05) is 6.92 Å². The van der Waals surface area contributed by atoms with Crippen LogP contribution in [0.25, 0.3) is 0 Å². The Labute approximate surface area is 100 Å². The van der Waals surface area contributed by atoms with Crippen molar-refractivity contribution >= 4 is 0 Å². The molecule has 1 aliphatic heterocycles. The quantitative estimate of drug-likeness (QED) is 0.471. The van der Waals surface area contributed by atoms with E-state index in [1.165, 1.54) is 49.8 Å². The Hall–Kier alpha value is -0.120. The molecule has 0 saturated carbocycles. The Balaban J connectivity index is 2.48. The van der Waals surface area contributed by atoms with Crippen molar-refractivity contribution in [1.29, 1.82) is 0 Å². The maximum Gasteiger partial charge on any atom is 0.207 e. The fraction of sp³-hybridized carbons (Fsp3) is 1.00. The predicted octanol–water partition coefficient (Wildman–Crippen LogP) is 2.41. The minimum absolute atomic E-state index is 0.0139. The van der Waals surface area contributed by atoms with Gasteiger partial charge in [0.05, 0.1) is 19.6 Å². The Kier molecular flexibility index (Phi) is 6.32. The van der Waals surface area contributed by atoms with E-state index in [-0.39, 0.29) is 6.29 Å². The summed E-state index contributed by atoms with van der Waals surface area (Å²) in [5, 5.41) is 0. The number of quaternary nitrogens is 1. The van der Waals surface area contributed by atoms with Crippen LogP contribution in [-0.4, -0.2) is 50.7 Å². The van der Waals surface area contributed by atoms with Gasteiger partial charge in [0.15, 0.2) is 0 Å². The summed E-state index contributed by atoms with van der Waals surface area (Å²) in [5.41, 5.74) is 0. The zero-order valence-corrected chi connectivity index (χ0v) is 11.2. The molecule has 1 heterocycles. The van der Waals surface area contributed by atoms with Crippen LogP contribution in [-0.2, 0) is 9.47 Å². The second-order valence-corrected chi connectivity index (χ2v) is 4.88. The Morgan fingerprint density at radius 2 is 1.88 bits per heavy atom. The van der Waals surface area contributed by atoms with Crippen molar-refractivity contribution in [3.8, 4) is 0 Å². The minimum atomic E-state index is -0.0139. The lowest BCUT2D eigenvalue weighted by atomic mass is 10.2. The number of methoxy groups -OCH3 is 1. The maximum atomic E-state index is 5.62. The molecule has 96 valence electrons. The minimum Gasteiger partial charge on any atom is -0.351 e. The van der Waals surface area contributed by atoms with Crippen molar-refractivity contribution < 1.29 is 14.0 Å². The molecule has 0 aromatic heterocycles. The number of ether oxygens (including phenoxy) is 2. The first-order valence-electron chi connectivity index (χ1n) is 6.76. The van der Waals surface area contributed by atoms with Gasteiger partial charge in [0.1, 0.15) is 6.54 Å². The molecule has 0 aromatic rings. The normalized spacial score (nSPS) is 21.2. The SMILES string of the molecule is CCCC[N+]1(CC(OC)OCC)CCCC1. The topological polar surface area (TPSA) is 18.5 Å². The van der Waals surface area contributed by atoms with Crippen molar-refractivity contribution in [2.45, 2.75) is 45.8 Å². The van der Waals surface area contributed by atoms with E-state index in [0.717, 1.165) is 13.2 Å². The van der Waals surface area contributed by atoms with Crippen LogP contribution in [0.1, 0.15) is 39.5 Å². The summed E-state index contributed by atoms with van der Waals surface area (Å²) < 4.78 is 12.3. The molecule has 1 fully saturated rings. The van der Waals surface area contributed by atoms with Crippen LogP contribution in [0.15, 0.2) is 0 Å². The van der Waals surface area contributed by atoms with E-state index in [2.05, 4.69) is 6.92 Å². The van der Waals surface area contributed by atoms with Gasteiger partial charge in [-0.25, -0.2) is 0 Å². The standard InChI is InChI=1S/C13H28NO2/c1-4-6-9-14(10-7-8-11-14)12-13(15-3)16-5-2/h13H,4-12H2,1-3H3/q+1. The van der Waals surface area contributed by atoms with E-state index in [4.69, 9.17) is 9.47 Å². The fourth-order valence-electron chi connectivity index (χ4n) is 2.69. The average Bonchev–Trinajstić information content (AvgIpc) is 2.75. The van der Waals surface area contributed by atoms with Crippen LogP contribution in [0.3, 0.4) is 0 Å². The molecule has 1 atom stereocenters. The van der Waals surface area contributed by atoms with E-state index < -0.39 is 0 Å². The number of hydrogen-bond acceptors (Lipinski definition) is 2. The molecule has 0 aliphatic carbocycles. The zero-order valence-electron chi connectivity index (χ0n) is 11.2. The highest BCUT2D eigenvalue weighted by Gasteiger charge is 2.34. The highest BCUT2D eigenvalue weighted by molar-refractivity contribution is 4.57. The molecule has 0 radical (unpaired) electrons. The third kappa shape index (κ3) is 4.04. The second kappa shape index (κ2) is 7.25. The summed E-state index contributed by atoms with van der Waals surface area (Å²) in [7, 11) is 1.76. The van der Waals surface area contributed by atoms with Gasteiger partial charge in [-0.05, 0) is 13.3 Å². The highest BCUT2D eigenvalue weighted by atomic mass is 16.7. The van der Waals surface area contributed by atoms with Crippen LogP contribution in [0, 0.1) is 0 Å². The molecule has 0 spiro atoms. The van der Waals surface area contributed by atoms with Crippen molar-refractivity contribution in [3.05, 3.63) is 0 Å². The molecule has 0 amide bonds. The van der Waals surface area contributed by atoms with Gasteiger partial charge in [-0.15, -0.1) is 0 Å². The van der Waals surface area contributed by atoms with Crippen molar-refractivity contribution in [3.63, 3.8) is 0 Å². The summed E-state index contributed by atoms with van der Waals surface area (Å²) in [6.45, 7) is 10.00. The molecule has 0 bridgehead atoms. The van der Waals surface area contributed by atoms with Gasteiger partial charge < -0.3 is 14.0 Å². The number of hydrogen-bond donors (Lipinski definition) is 0. The number of unbranched alkanes of at least 4 members (excludes halogenated alkanes) is 1. The Bertz CT molecular complexity index is 179. The van der Waals surface area contributed by atoms with Crippen LogP contribution in [0.2, 0.25) is 0 Å². The van der Waals surface area contributed by atoms with Gasteiger partial charge in [-0.2, -0.15) is 0 Å². The third-order valence-electron chi connectivity index (χ3n) is 3.65. The Morgan fingerprint density at radius 3 is 2.38 bits per heavy atom. The van der Waals surface area contributed by atoms with E-state index >= 15 is 0 Å². The number of nitrogens with zero attached hydrogens (tertiary/aromatic N) is 1. The Morgan fingerprint density at radius 1 is 1.19 bits per heavy atom. The number of likely N-dealkylation sites (tertiary alicyclic amines) is 1. The first-order chi connectivity index (χ1) is 7.76. The molecule has 16 heavy (non-hydrogen) atoms. The number of rotatable bonds is 8. The summed E-state index contributed by atoms with van der Waals surface area (Å²) in [6, 6.07) is 0. The second-order valence-electron chi connectivity index (χ2n) is 4.88. The fourth-order valence-corrected chi connectivity index (χ4v) is 2.69. The maximum absolute atomic E-state index is 5.62. The lowest BCUT2D eigenvalue weighted by molar-refractivity contribution is -0.922. The smallest absolute Gasteiger partial charge is 0.207 e. The van der Waals surface area contributed by atoms with Crippen molar-refractivity contribution in [2.75, 3.05) is 39.9 Å². The first-order valence-corrected chi connectivity index (χ1v) is 6.76. The van der Waals surface area contributed by atoms with Crippen LogP contribution >= 0.6 is 0 Å². The van der Waals surface area contributed by atoms with Gasteiger partial charge in [0.25, 0.3) is 0 Å². The predicted molar refractivity (Wildman–Crippen MR) is 66.3 cm³/mol. The van der Waals surface area contributed by atoms with E-state index in [9.17, 15) is 0 Å². The highest BCUT2D eigenvalue weighted by Crippen LogP contribution is 2.22. The van der Waals surface area contributed by atoms with E-state index in [1.54, 1.807) is 7.11 Å². The van der Waals surface area contributed by atoms with Crippen molar-refractivity contribution in [1.82, 2.24) is 0 Å². The van der Waals surface area contributed by atoms with Gasteiger partial charge in [0, 0.05) is 26.6 Å². The molecule has 3 nitrogen and oxygen atoms in total. The van der Waals surface area contributed by atoms with Gasteiger partial charge >= 0.3 is 0 Å². The molecule has 1 aliphatic rings. The molecular weight excluding hydrogens is 202 g/mol. The molecule has 1 rings (SSSR count). The van der Waals surface area contributed by atoms with Gasteiger partial charge in [-0.3, -0.25) is 0 Å². The molecule has 0 N–H and O–H groups in total. The summed E-state index contributed by atoms with van der Waals surface area (Å²) in [5.74, 6) is 0. The van der Waals surface area contributed by atoms with Crippen LogP contribution in [0.4, 0.5) is 0 Å². The molecule has 0 aromatic carbocycles. The van der Waals surface area contributed by atoms with Crippen molar-refractivity contribution in [2.24, 2.45) is 0 Å². The summed E-state index contributed by atoms with van der Waals surface area (Å²) in [4.78, 5) is 0. The summed E-state index contributed by atoms with van der Waals surface area (Å²) in [6.07, 6.45) is 5.33. The average molecular weight is 230 g/mol.